The summed E-state index contributed by atoms with van der Waals surface area (Å²) in [5, 5.41) is 13.9. The molecule has 10 rings (SSSR count). The van der Waals surface area contributed by atoms with Crippen molar-refractivity contribution in [3.63, 3.8) is 0 Å². The van der Waals surface area contributed by atoms with Gasteiger partial charge in [0.15, 0.2) is 0 Å². The molecule has 0 spiro atoms. The molecule has 0 saturated heterocycles. The molecule has 2 saturated carbocycles. The number of H-pyrrole nitrogens is 1. The summed E-state index contributed by atoms with van der Waals surface area (Å²) in [5.41, 5.74) is 5.04. The van der Waals surface area contributed by atoms with Crippen molar-refractivity contribution < 1.29 is 19.1 Å². The molecule has 0 radical (unpaired) electrons. The van der Waals surface area contributed by atoms with Crippen molar-refractivity contribution in [1.82, 2.24) is 44.0 Å². The smallest absolute Gasteiger partial charge is 0.329 e. The number of pyridine rings is 1. The standard InChI is InChI=1S/C34H35N9O5/c1-34(38-31(45)17-5-6-17)10-9-20-12-24(34)48-25(44)16-42-22-8-7-18(11-19(22)13-36-42)26-27-29-23(41(3)33(46)43(20)29)14-35-30(27)37-28(26)21-15-40(2)39-32(21)47-4/h7-8,11,13-15,17,20,24H,5-6,9-10,12,16H2,1-4H3,(H,35,37)(H,38,45)/t20-,24-,34+/m0/s1. The third kappa shape index (κ3) is 4.17. The minimum Gasteiger partial charge on any atom is -0.479 e. The van der Waals surface area contributed by atoms with Gasteiger partial charge in [0.1, 0.15) is 18.3 Å². The summed E-state index contributed by atoms with van der Waals surface area (Å²) in [6, 6.07) is 5.65. The number of methoxy groups -OCH3 is 1. The lowest BCUT2D eigenvalue weighted by Gasteiger charge is -2.44. The fourth-order valence-corrected chi connectivity index (χ4v) is 7.82. The molecule has 6 aromatic rings. The highest BCUT2D eigenvalue weighted by Gasteiger charge is 2.47. The van der Waals surface area contributed by atoms with Crippen LogP contribution in [0.5, 0.6) is 5.88 Å². The van der Waals surface area contributed by atoms with Gasteiger partial charge < -0.3 is 19.8 Å². The van der Waals surface area contributed by atoms with Crippen LogP contribution in [0.2, 0.25) is 0 Å². The molecule has 2 aliphatic heterocycles. The summed E-state index contributed by atoms with van der Waals surface area (Å²) in [5.74, 6) is -0.0170. The number of carbonyl (C=O) groups excluding carboxylic acids is 2. The number of nitrogens with one attached hydrogen (secondary N) is 2. The summed E-state index contributed by atoms with van der Waals surface area (Å²) >= 11 is 0. The lowest BCUT2D eigenvalue weighted by atomic mass is 9.77. The predicted molar refractivity (Wildman–Crippen MR) is 176 cm³/mol. The van der Waals surface area contributed by atoms with E-state index in [2.05, 4.69) is 20.5 Å². The van der Waals surface area contributed by atoms with Gasteiger partial charge in [-0.25, -0.2) is 9.78 Å². The van der Waals surface area contributed by atoms with Crippen LogP contribution in [0.15, 0.2) is 41.6 Å². The third-order valence-corrected chi connectivity index (χ3v) is 10.5. The Morgan fingerprint density at radius 2 is 1.98 bits per heavy atom. The first-order valence-electron chi connectivity index (χ1n) is 16.3. The Kier molecular flexibility index (Phi) is 6.03. The molecule has 2 N–H and O–H groups in total. The second-order valence-corrected chi connectivity index (χ2v) is 13.7. The average Bonchev–Trinajstić information content (AvgIpc) is 3.48. The Morgan fingerprint density at radius 3 is 2.77 bits per heavy atom. The molecule has 3 atom stereocenters. The number of fused-ring (bicyclic) bond motifs is 3. The predicted octanol–water partition coefficient (Wildman–Crippen LogP) is 3.58. The van der Waals surface area contributed by atoms with Gasteiger partial charge in [0, 0.05) is 49.6 Å². The molecular weight excluding hydrogens is 614 g/mol. The highest BCUT2D eigenvalue weighted by molar-refractivity contribution is 6.15. The number of rotatable bonds is 4. The van der Waals surface area contributed by atoms with E-state index >= 15 is 0 Å². The molecular formula is C34H35N9O5. The number of ether oxygens (including phenoxy) is 2. The van der Waals surface area contributed by atoms with Crippen LogP contribution in [0.4, 0.5) is 0 Å². The number of benzene rings is 1. The monoisotopic (exact) mass is 649 g/mol. The number of imidazole rings is 1. The van der Waals surface area contributed by atoms with Gasteiger partial charge in [-0.2, -0.15) is 5.10 Å². The number of esters is 1. The van der Waals surface area contributed by atoms with Crippen molar-refractivity contribution in [2.75, 3.05) is 7.11 Å². The maximum absolute atomic E-state index is 14.2. The van der Waals surface area contributed by atoms with E-state index in [-0.39, 0.29) is 30.1 Å². The molecule has 2 aliphatic carbocycles. The molecule has 6 bridgehead atoms. The second-order valence-electron chi connectivity index (χ2n) is 13.7. The van der Waals surface area contributed by atoms with Crippen molar-refractivity contribution in [3.8, 4) is 28.3 Å². The van der Waals surface area contributed by atoms with Crippen LogP contribution in [-0.4, -0.2) is 69.3 Å². The number of amides is 1. The fraction of sp³-hybridized carbons (Fsp3) is 0.412. The van der Waals surface area contributed by atoms with E-state index < -0.39 is 17.6 Å². The number of aromatic amines is 1. The normalized spacial score (nSPS) is 22.5. The summed E-state index contributed by atoms with van der Waals surface area (Å²) in [4.78, 5) is 49.3. The summed E-state index contributed by atoms with van der Waals surface area (Å²) in [7, 11) is 5.18. The van der Waals surface area contributed by atoms with Crippen molar-refractivity contribution in [2.24, 2.45) is 20.0 Å². The zero-order valence-electron chi connectivity index (χ0n) is 27.1. The highest BCUT2D eigenvalue weighted by Crippen LogP contribution is 2.46. The second kappa shape index (κ2) is 10.1. The van der Waals surface area contributed by atoms with Gasteiger partial charge in [0.05, 0.1) is 58.2 Å². The summed E-state index contributed by atoms with van der Waals surface area (Å²) in [6.45, 7) is 1.86. The number of aryl methyl sites for hydroxylation is 2. The third-order valence-electron chi connectivity index (χ3n) is 10.5. The van der Waals surface area contributed by atoms with E-state index in [4.69, 9.17) is 14.5 Å². The molecule has 1 aromatic carbocycles. The number of nitrogens with zero attached hydrogens (tertiary/aromatic N) is 7. The first kappa shape index (κ1) is 28.8. The van der Waals surface area contributed by atoms with Crippen molar-refractivity contribution >= 4 is 44.8 Å². The van der Waals surface area contributed by atoms with Crippen molar-refractivity contribution in [2.45, 2.75) is 63.3 Å². The van der Waals surface area contributed by atoms with Crippen LogP contribution in [0, 0.1) is 5.92 Å². The van der Waals surface area contributed by atoms with E-state index in [1.54, 1.807) is 40.5 Å². The van der Waals surface area contributed by atoms with E-state index in [0.717, 1.165) is 57.0 Å². The minimum absolute atomic E-state index is 0.00114. The van der Waals surface area contributed by atoms with Gasteiger partial charge in [-0.15, -0.1) is 5.10 Å². The molecule has 2 fully saturated rings. The summed E-state index contributed by atoms with van der Waals surface area (Å²) < 4.78 is 18.8. The van der Waals surface area contributed by atoms with Gasteiger partial charge in [-0.1, -0.05) is 6.07 Å². The largest absolute Gasteiger partial charge is 0.479 e. The molecule has 48 heavy (non-hydrogen) atoms. The molecule has 4 aliphatic rings. The maximum atomic E-state index is 14.2. The molecule has 14 nitrogen and oxygen atoms in total. The highest BCUT2D eigenvalue weighted by atomic mass is 16.5. The van der Waals surface area contributed by atoms with Crippen molar-refractivity contribution in [1.29, 1.82) is 0 Å². The van der Waals surface area contributed by atoms with Crippen molar-refractivity contribution in [3.05, 3.63) is 47.3 Å². The molecule has 7 heterocycles. The zero-order valence-corrected chi connectivity index (χ0v) is 27.1. The van der Waals surface area contributed by atoms with Crippen LogP contribution in [0.25, 0.3) is 55.4 Å². The van der Waals surface area contributed by atoms with Crippen LogP contribution >= 0.6 is 0 Å². The van der Waals surface area contributed by atoms with Crippen LogP contribution in [0.3, 0.4) is 0 Å². The van der Waals surface area contributed by atoms with Gasteiger partial charge in [-0.3, -0.25) is 28.1 Å². The topological polar surface area (TPSA) is 156 Å². The van der Waals surface area contributed by atoms with Crippen LogP contribution in [-0.2, 0) is 35.0 Å². The zero-order chi connectivity index (χ0) is 33.1. The number of carbonyl (C=O) groups is 2. The molecule has 14 heteroatoms. The molecule has 5 aromatic heterocycles. The Bertz CT molecular complexity index is 2390. The van der Waals surface area contributed by atoms with E-state index in [0.29, 0.717) is 36.3 Å². The Hall–Kier alpha value is -5.40. The maximum Gasteiger partial charge on any atom is 0.329 e. The van der Waals surface area contributed by atoms with E-state index in [1.807, 2.05) is 42.9 Å². The first-order valence-corrected chi connectivity index (χ1v) is 16.3. The van der Waals surface area contributed by atoms with Gasteiger partial charge >= 0.3 is 11.7 Å². The minimum atomic E-state index is -0.797. The van der Waals surface area contributed by atoms with Crippen LogP contribution in [0.1, 0.15) is 45.1 Å². The SMILES string of the molecule is COc1nn(C)cc1-c1[nH]c2ncc3c4c2c1-c1ccc2c(cnn2CC(=O)O[C@H]2C[C@H](CC[C@@]2(C)NC(=O)C2CC2)n4c(=O)n3C)c1. The Labute approximate surface area is 273 Å². The molecule has 1 amide bonds. The fourth-order valence-electron chi connectivity index (χ4n) is 7.82. The number of aromatic nitrogens is 8. The van der Waals surface area contributed by atoms with E-state index in [9.17, 15) is 14.4 Å². The summed E-state index contributed by atoms with van der Waals surface area (Å²) in [6.07, 6.45) is 7.87. The lowest BCUT2D eigenvalue weighted by molar-refractivity contribution is -0.159. The van der Waals surface area contributed by atoms with Gasteiger partial charge in [0.25, 0.3) is 0 Å². The molecule has 246 valence electrons. The first-order chi connectivity index (χ1) is 23.1. The Morgan fingerprint density at radius 1 is 1.15 bits per heavy atom. The molecule has 0 unspecified atom stereocenters. The quantitative estimate of drug-likeness (QED) is 0.275. The number of hydrogen-bond acceptors (Lipinski definition) is 8. The number of hydrogen-bond donors (Lipinski definition) is 2. The Balaban J connectivity index is 1.34. The van der Waals surface area contributed by atoms with Gasteiger partial charge in [-0.05, 0) is 50.3 Å². The van der Waals surface area contributed by atoms with Crippen LogP contribution < -0.4 is 15.7 Å². The van der Waals surface area contributed by atoms with E-state index in [1.165, 1.54) is 0 Å². The average molecular weight is 650 g/mol. The lowest BCUT2D eigenvalue weighted by Crippen LogP contribution is -2.59. The van der Waals surface area contributed by atoms with Gasteiger partial charge in [0.2, 0.25) is 11.8 Å².